The van der Waals surface area contributed by atoms with Gasteiger partial charge in [0.1, 0.15) is 0 Å². The van der Waals surface area contributed by atoms with E-state index in [1.165, 1.54) is 11.1 Å². The van der Waals surface area contributed by atoms with Crippen LogP contribution in [0, 0.1) is 13.8 Å². The monoisotopic (exact) mass is 312 g/mol. The Bertz CT molecular complexity index is 689. The van der Waals surface area contributed by atoms with E-state index < -0.39 is 0 Å². The summed E-state index contributed by atoms with van der Waals surface area (Å²) in [5, 5.41) is 9.80. The average molecular weight is 312 g/mol. The molecule has 0 bridgehead atoms. The van der Waals surface area contributed by atoms with E-state index in [0.29, 0.717) is 11.7 Å². The Morgan fingerprint density at radius 2 is 1.61 bits per heavy atom. The predicted octanol–water partition coefficient (Wildman–Crippen LogP) is 4.67. The van der Waals surface area contributed by atoms with E-state index in [-0.39, 0.29) is 12.0 Å². The van der Waals surface area contributed by atoms with Gasteiger partial charge in [-0.05, 0) is 41.9 Å². The third-order valence-electron chi connectivity index (χ3n) is 4.29. The first kappa shape index (κ1) is 17.6. The zero-order chi connectivity index (χ0) is 17.4. The van der Waals surface area contributed by atoms with E-state index in [9.17, 15) is 5.11 Å². The molecule has 23 heavy (non-hydrogen) atoms. The van der Waals surface area contributed by atoms with E-state index in [2.05, 4.69) is 46.8 Å². The van der Waals surface area contributed by atoms with E-state index in [4.69, 9.17) is 9.97 Å². The van der Waals surface area contributed by atoms with Crippen molar-refractivity contribution in [2.45, 2.75) is 66.4 Å². The normalized spacial score (nSPS) is 12.0. The van der Waals surface area contributed by atoms with E-state index >= 15 is 0 Å². The maximum Gasteiger partial charge on any atom is 0.159 e. The summed E-state index contributed by atoms with van der Waals surface area (Å²) in [6.45, 7) is 14.9. The fraction of sp³-hybridized carbons (Fsp3) is 0.500. The van der Waals surface area contributed by atoms with Gasteiger partial charge in [0, 0.05) is 17.0 Å². The highest BCUT2D eigenvalue weighted by atomic mass is 16.3. The Kier molecular flexibility index (Phi) is 4.90. The zero-order valence-corrected chi connectivity index (χ0v) is 15.4. The van der Waals surface area contributed by atoms with Crippen LogP contribution in [0.25, 0.3) is 11.4 Å². The van der Waals surface area contributed by atoms with Gasteiger partial charge in [-0.1, -0.05) is 52.8 Å². The molecular formula is C20H28N2O. The van der Waals surface area contributed by atoms with Crippen LogP contribution < -0.4 is 0 Å². The highest BCUT2D eigenvalue weighted by Gasteiger charge is 2.18. The number of benzene rings is 1. The van der Waals surface area contributed by atoms with Gasteiger partial charge in [-0.25, -0.2) is 9.97 Å². The first-order chi connectivity index (χ1) is 10.6. The van der Waals surface area contributed by atoms with Crippen LogP contribution in [-0.4, -0.2) is 15.1 Å². The molecule has 1 aromatic carbocycles. The average Bonchev–Trinajstić information content (AvgIpc) is 2.44. The minimum Gasteiger partial charge on any atom is -0.392 e. The van der Waals surface area contributed by atoms with Crippen molar-refractivity contribution >= 4 is 0 Å². The molecule has 0 spiro atoms. The molecule has 0 aliphatic carbocycles. The number of aliphatic hydroxyl groups is 1. The van der Waals surface area contributed by atoms with Gasteiger partial charge in [0.2, 0.25) is 0 Å². The number of hydrogen-bond donors (Lipinski definition) is 1. The molecule has 1 N–H and O–H groups in total. The van der Waals surface area contributed by atoms with E-state index in [0.717, 1.165) is 22.5 Å². The van der Waals surface area contributed by atoms with Crippen LogP contribution >= 0.6 is 0 Å². The third-order valence-corrected chi connectivity index (χ3v) is 4.29. The van der Waals surface area contributed by atoms with Crippen LogP contribution in [0.3, 0.4) is 0 Å². The van der Waals surface area contributed by atoms with Crippen molar-refractivity contribution in [2.24, 2.45) is 0 Å². The van der Waals surface area contributed by atoms with E-state index in [1.54, 1.807) is 0 Å². The van der Waals surface area contributed by atoms with E-state index in [1.807, 2.05) is 19.9 Å². The smallest absolute Gasteiger partial charge is 0.159 e. The van der Waals surface area contributed by atoms with Crippen LogP contribution in [0.4, 0.5) is 0 Å². The summed E-state index contributed by atoms with van der Waals surface area (Å²) in [4.78, 5) is 9.41. The molecule has 0 saturated carbocycles. The van der Waals surface area contributed by atoms with Crippen LogP contribution in [0.5, 0.6) is 0 Å². The van der Waals surface area contributed by atoms with Crippen LogP contribution in [-0.2, 0) is 12.0 Å². The molecule has 0 unspecified atom stereocenters. The molecular weight excluding hydrogens is 284 g/mol. The van der Waals surface area contributed by atoms with Gasteiger partial charge in [0.25, 0.3) is 0 Å². The highest BCUT2D eigenvalue weighted by molar-refractivity contribution is 5.62. The standard InChI is InChI=1S/C20H28N2O/c1-12(2)18-13(3)21-19(22-14(18)4)17-9-8-16(20(5,6)7)10-15(17)11-23/h8-10,12,23H,11H2,1-7H3. The Hall–Kier alpha value is -1.74. The Morgan fingerprint density at radius 1 is 1.04 bits per heavy atom. The van der Waals surface area contributed by atoms with Gasteiger partial charge in [0.05, 0.1) is 6.61 Å². The number of aryl methyl sites for hydroxylation is 2. The Labute approximate surface area is 139 Å². The molecule has 1 aromatic heterocycles. The Balaban J connectivity index is 2.59. The molecule has 2 rings (SSSR count). The minimum atomic E-state index is -0.00730. The fourth-order valence-electron chi connectivity index (χ4n) is 3.09. The first-order valence-electron chi connectivity index (χ1n) is 8.25. The van der Waals surface area contributed by atoms with Crippen molar-refractivity contribution in [3.63, 3.8) is 0 Å². The molecule has 3 heteroatoms. The van der Waals surface area contributed by atoms with Gasteiger partial charge >= 0.3 is 0 Å². The molecule has 0 fully saturated rings. The van der Waals surface area contributed by atoms with Gasteiger partial charge in [-0.15, -0.1) is 0 Å². The summed E-state index contributed by atoms with van der Waals surface area (Å²) in [6.07, 6.45) is 0. The quantitative estimate of drug-likeness (QED) is 0.895. The summed E-state index contributed by atoms with van der Waals surface area (Å²) in [5.74, 6) is 1.11. The van der Waals surface area contributed by atoms with Crippen molar-refractivity contribution < 1.29 is 5.11 Å². The molecule has 0 aliphatic heterocycles. The molecule has 1 heterocycles. The van der Waals surface area contributed by atoms with Crippen molar-refractivity contribution in [1.82, 2.24) is 9.97 Å². The number of aromatic nitrogens is 2. The second-order valence-electron chi connectivity index (χ2n) is 7.57. The van der Waals surface area contributed by atoms with Crippen molar-refractivity contribution in [1.29, 1.82) is 0 Å². The topological polar surface area (TPSA) is 46.0 Å². The first-order valence-corrected chi connectivity index (χ1v) is 8.25. The number of hydrogen-bond acceptors (Lipinski definition) is 3. The third kappa shape index (κ3) is 3.61. The summed E-state index contributed by atoms with van der Waals surface area (Å²) >= 11 is 0. The molecule has 0 amide bonds. The lowest BCUT2D eigenvalue weighted by Gasteiger charge is -2.21. The molecule has 3 nitrogen and oxygen atoms in total. The fourth-order valence-corrected chi connectivity index (χ4v) is 3.09. The summed E-state index contributed by atoms with van der Waals surface area (Å²) in [5.41, 5.74) is 6.31. The second kappa shape index (κ2) is 6.40. The summed E-state index contributed by atoms with van der Waals surface area (Å²) in [6, 6.07) is 6.22. The van der Waals surface area contributed by atoms with Crippen LogP contribution in [0.2, 0.25) is 0 Å². The second-order valence-corrected chi connectivity index (χ2v) is 7.57. The minimum absolute atomic E-state index is 0.00730. The molecule has 0 radical (unpaired) electrons. The van der Waals surface area contributed by atoms with Crippen molar-refractivity contribution in [3.05, 3.63) is 46.3 Å². The maximum absolute atomic E-state index is 9.80. The predicted molar refractivity (Wildman–Crippen MR) is 95.7 cm³/mol. The molecule has 0 atom stereocenters. The SMILES string of the molecule is Cc1nc(-c2ccc(C(C)(C)C)cc2CO)nc(C)c1C(C)C. The van der Waals surface area contributed by atoms with Gasteiger partial charge in [-0.3, -0.25) is 0 Å². The van der Waals surface area contributed by atoms with Crippen molar-refractivity contribution in [3.8, 4) is 11.4 Å². The lowest BCUT2D eigenvalue weighted by atomic mass is 9.85. The number of nitrogens with zero attached hydrogens (tertiary/aromatic N) is 2. The molecule has 124 valence electrons. The lowest BCUT2D eigenvalue weighted by Crippen LogP contribution is -2.12. The summed E-state index contributed by atoms with van der Waals surface area (Å²) < 4.78 is 0. The highest BCUT2D eigenvalue weighted by Crippen LogP contribution is 2.30. The molecule has 0 aliphatic rings. The summed E-state index contributed by atoms with van der Waals surface area (Å²) in [7, 11) is 0. The zero-order valence-electron chi connectivity index (χ0n) is 15.4. The largest absolute Gasteiger partial charge is 0.392 e. The van der Waals surface area contributed by atoms with Gasteiger partial charge in [-0.2, -0.15) is 0 Å². The number of rotatable bonds is 3. The van der Waals surface area contributed by atoms with Crippen molar-refractivity contribution in [2.75, 3.05) is 0 Å². The lowest BCUT2D eigenvalue weighted by molar-refractivity contribution is 0.282. The van der Waals surface area contributed by atoms with Crippen LogP contribution in [0.1, 0.15) is 68.6 Å². The number of aliphatic hydroxyl groups excluding tert-OH is 1. The maximum atomic E-state index is 9.80. The Morgan fingerprint density at radius 3 is 2.04 bits per heavy atom. The van der Waals surface area contributed by atoms with Gasteiger partial charge < -0.3 is 5.11 Å². The molecule has 2 aromatic rings. The molecule has 0 saturated heterocycles. The van der Waals surface area contributed by atoms with Gasteiger partial charge in [0.15, 0.2) is 5.82 Å². The van der Waals surface area contributed by atoms with Crippen LogP contribution in [0.15, 0.2) is 18.2 Å².